The molecule has 0 fully saturated rings. The number of methoxy groups -OCH3 is 1. The van der Waals surface area contributed by atoms with E-state index in [0.29, 0.717) is 17.9 Å². The molecular weight excluding hydrogens is 276 g/mol. The van der Waals surface area contributed by atoms with Crippen molar-refractivity contribution in [1.29, 1.82) is 5.41 Å². The lowest BCUT2D eigenvalue weighted by Crippen LogP contribution is -2.10. The average Bonchev–Trinajstić information content (AvgIpc) is 2.45. The van der Waals surface area contributed by atoms with Crippen LogP contribution < -0.4 is 15.2 Å². The van der Waals surface area contributed by atoms with E-state index in [1.54, 1.807) is 19.2 Å². The smallest absolute Gasteiger partial charge is 0.122 e. The highest BCUT2D eigenvalue weighted by Crippen LogP contribution is 2.17. The van der Waals surface area contributed by atoms with Gasteiger partial charge in [-0.25, -0.2) is 0 Å². The van der Waals surface area contributed by atoms with Crippen molar-refractivity contribution in [2.24, 2.45) is 5.73 Å². The van der Waals surface area contributed by atoms with Gasteiger partial charge in [-0.05, 0) is 29.8 Å². The Kier molecular flexibility index (Phi) is 5.87. The molecule has 0 saturated heterocycles. The zero-order chi connectivity index (χ0) is 13.7. The van der Waals surface area contributed by atoms with Crippen LogP contribution in [0.15, 0.2) is 48.5 Å². The summed E-state index contributed by atoms with van der Waals surface area (Å²) in [6.45, 7) is 0.443. The molecule has 0 aliphatic carbocycles. The van der Waals surface area contributed by atoms with Gasteiger partial charge in [0.1, 0.15) is 23.9 Å². The molecule has 4 nitrogen and oxygen atoms in total. The summed E-state index contributed by atoms with van der Waals surface area (Å²) in [7, 11) is 1.64. The zero-order valence-electron chi connectivity index (χ0n) is 11.1. The third-order valence-corrected chi connectivity index (χ3v) is 2.68. The number of hydrogen-bond donors (Lipinski definition) is 2. The van der Waals surface area contributed by atoms with Gasteiger partial charge in [-0.15, -0.1) is 12.4 Å². The van der Waals surface area contributed by atoms with E-state index in [0.717, 1.165) is 11.3 Å². The first-order chi connectivity index (χ1) is 9.19. The van der Waals surface area contributed by atoms with Gasteiger partial charge in [0.15, 0.2) is 0 Å². The maximum absolute atomic E-state index is 7.39. The van der Waals surface area contributed by atoms with Crippen LogP contribution in [0.2, 0.25) is 0 Å². The van der Waals surface area contributed by atoms with Crippen LogP contribution in [0.25, 0.3) is 0 Å². The minimum atomic E-state index is 0. The molecular formula is C15H17ClN2O2. The second-order valence-corrected chi connectivity index (χ2v) is 4.08. The lowest BCUT2D eigenvalue weighted by atomic mass is 10.2. The maximum Gasteiger partial charge on any atom is 0.122 e. The van der Waals surface area contributed by atoms with Crippen LogP contribution in [-0.2, 0) is 6.61 Å². The number of rotatable bonds is 5. The van der Waals surface area contributed by atoms with E-state index in [9.17, 15) is 0 Å². The Morgan fingerprint density at radius 2 is 1.80 bits per heavy atom. The summed E-state index contributed by atoms with van der Waals surface area (Å²) in [5, 5.41) is 7.39. The Labute approximate surface area is 124 Å². The number of benzene rings is 2. The quantitative estimate of drug-likeness (QED) is 0.657. The Balaban J connectivity index is 0.00000200. The van der Waals surface area contributed by atoms with Crippen LogP contribution in [0.4, 0.5) is 0 Å². The molecule has 0 bridgehead atoms. The summed E-state index contributed by atoms with van der Waals surface area (Å²) >= 11 is 0. The summed E-state index contributed by atoms with van der Waals surface area (Å²) in [6.07, 6.45) is 0. The minimum absolute atomic E-state index is 0. The van der Waals surface area contributed by atoms with E-state index in [-0.39, 0.29) is 18.2 Å². The molecule has 2 aromatic carbocycles. The van der Waals surface area contributed by atoms with Crippen molar-refractivity contribution in [3.8, 4) is 11.5 Å². The van der Waals surface area contributed by atoms with Crippen molar-refractivity contribution in [3.63, 3.8) is 0 Å². The van der Waals surface area contributed by atoms with Gasteiger partial charge >= 0.3 is 0 Å². The Hall–Kier alpha value is -2.20. The molecule has 2 aromatic rings. The molecule has 0 saturated carbocycles. The molecule has 0 aliphatic rings. The number of ether oxygens (including phenoxy) is 2. The monoisotopic (exact) mass is 292 g/mol. The van der Waals surface area contributed by atoms with Gasteiger partial charge in [0.25, 0.3) is 0 Å². The number of nitrogens with one attached hydrogen (secondary N) is 1. The topological polar surface area (TPSA) is 68.3 Å². The van der Waals surface area contributed by atoms with Crippen LogP contribution in [0.5, 0.6) is 11.5 Å². The first-order valence-electron chi connectivity index (χ1n) is 5.89. The number of halogens is 1. The normalized spacial score (nSPS) is 9.45. The fourth-order valence-corrected chi connectivity index (χ4v) is 1.68. The van der Waals surface area contributed by atoms with Crippen molar-refractivity contribution in [1.82, 2.24) is 0 Å². The summed E-state index contributed by atoms with van der Waals surface area (Å²) in [6, 6.07) is 14.9. The van der Waals surface area contributed by atoms with Gasteiger partial charge < -0.3 is 15.2 Å². The van der Waals surface area contributed by atoms with Gasteiger partial charge in [0.05, 0.1) is 7.11 Å². The van der Waals surface area contributed by atoms with E-state index in [4.69, 9.17) is 20.6 Å². The molecule has 0 atom stereocenters. The van der Waals surface area contributed by atoms with Gasteiger partial charge in [0, 0.05) is 5.56 Å². The van der Waals surface area contributed by atoms with E-state index in [1.807, 2.05) is 36.4 Å². The van der Waals surface area contributed by atoms with Crippen molar-refractivity contribution in [2.45, 2.75) is 6.61 Å². The van der Waals surface area contributed by atoms with E-state index < -0.39 is 0 Å². The van der Waals surface area contributed by atoms with Crippen molar-refractivity contribution in [2.75, 3.05) is 7.11 Å². The van der Waals surface area contributed by atoms with Crippen LogP contribution in [-0.4, -0.2) is 12.9 Å². The second kappa shape index (κ2) is 7.40. The molecule has 0 heterocycles. The van der Waals surface area contributed by atoms with Crippen molar-refractivity contribution < 1.29 is 9.47 Å². The lowest BCUT2D eigenvalue weighted by molar-refractivity contribution is 0.305. The first-order valence-corrected chi connectivity index (χ1v) is 5.89. The van der Waals surface area contributed by atoms with Crippen LogP contribution in [0.3, 0.4) is 0 Å². The molecule has 0 aromatic heterocycles. The molecule has 0 spiro atoms. The van der Waals surface area contributed by atoms with E-state index in [1.165, 1.54) is 0 Å². The van der Waals surface area contributed by atoms with Crippen molar-refractivity contribution >= 4 is 18.2 Å². The van der Waals surface area contributed by atoms with Gasteiger partial charge in [-0.3, -0.25) is 5.41 Å². The van der Waals surface area contributed by atoms with Gasteiger partial charge in [-0.1, -0.05) is 24.3 Å². The Bertz CT molecular complexity index is 588. The predicted octanol–water partition coefficient (Wildman–Crippen LogP) is 2.98. The number of nitrogens with two attached hydrogens (primary N) is 1. The molecule has 0 amide bonds. The molecule has 0 radical (unpaired) electrons. The third kappa shape index (κ3) is 4.17. The minimum Gasteiger partial charge on any atom is -0.497 e. The molecule has 5 heteroatoms. The number of amidine groups is 1. The third-order valence-electron chi connectivity index (χ3n) is 2.68. The van der Waals surface area contributed by atoms with E-state index >= 15 is 0 Å². The first kappa shape index (κ1) is 15.9. The molecule has 2 rings (SSSR count). The maximum atomic E-state index is 7.39. The van der Waals surface area contributed by atoms with Crippen LogP contribution in [0, 0.1) is 5.41 Å². The van der Waals surface area contributed by atoms with Gasteiger partial charge in [0.2, 0.25) is 0 Å². The lowest BCUT2D eigenvalue weighted by Gasteiger charge is -2.08. The van der Waals surface area contributed by atoms with Gasteiger partial charge in [-0.2, -0.15) is 0 Å². The number of hydrogen-bond acceptors (Lipinski definition) is 3. The number of nitrogen functional groups attached to an aromatic ring is 1. The zero-order valence-corrected chi connectivity index (χ0v) is 11.9. The van der Waals surface area contributed by atoms with Crippen LogP contribution >= 0.6 is 12.4 Å². The summed E-state index contributed by atoms with van der Waals surface area (Å²) in [5.74, 6) is 1.53. The molecule has 20 heavy (non-hydrogen) atoms. The second-order valence-electron chi connectivity index (χ2n) is 4.08. The van der Waals surface area contributed by atoms with Crippen molar-refractivity contribution in [3.05, 3.63) is 59.7 Å². The molecule has 0 aliphatic heterocycles. The van der Waals surface area contributed by atoms with E-state index in [2.05, 4.69) is 0 Å². The highest BCUT2D eigenvalue weighted by Gasteiger charge is 2.01. The fourth-order valence-electron chi connectivity index (χ4n) is 1.68. The largest absolute Gasteiger partial charge is 0.497 e. The SMILES string of the molecule is COc1cccc(COc2cccc(C(=N)N)c2)c1.Cl. The molecule has 0 unspecified atom stereocenters. The molecule has 3 N–H and O–H groups in total. The Morgan fingerprint density at radius 1 is 1.10 bits per heavy atom. The fraction of sp³-hybridized carbons (Fsp3) is 0.133. The highest BCUT2D eigenvalue weighted by molar-refractivity contribution is 5.95. The highest BCUT2D eigenvalue weighted by atomic mass is 35.5. The summed E-state index contributed by atoms with van der Waals surface area (Å²) in [5.41, 5.74) is 7.12. The Morgan fingerprint density at radius 3 is 2.50 bits per heavy atom. The van der Waals surface area contributed by atoms with Crippen LogP contribution in [0.1, 0.15) is 11.1 Å². The summed E-state index contributed by atoms with van der Waals surface area (Å²) in [4.78, 5) is 0. The summed E-state index contributed by atoms with van der Waals surface area (Å²) < 4.78 is 10.8. The average molecular weight is 293 g/mol. The predicted molar refractivity (Wildman–Crippen MR) is 82.0 cm³/mol. The standard InChI is InChI=1S/C15H16N2O2.ClH/c1-18-13-6-2-4-11(8-13)10-19-14-7-3-5-12(9-14)15(16)17;/h2-9H,10H2,1H3,(H3,16,17);1H. The molecule has 106 valence electrons.